The summed E-state index contributed by atoms with van der Waals surface area (Å²) in [6.45, 7) is 1.26. The van der Waals surface area contributed by atoms with Crippen molar-refractivity contribution in [3.05, 3.63) is 58.9 Å². The van der Waals surface area contributed by atoms with E-state index in [2.05, 4.69) is 10.6 Å². The van der Waals surface area contributed by atoms with Crippen LogP contribution in [0.4, 0.5) is 23.2 Å². The normalized spacial score (nSPS) is 13.5. The van der Waals surface area contributed by atoms with Gasteiger partial charge in [-0.15, -0.1) is 24.2 Å². The number of thioether (sulfide) groups is 1. The van der Waals surface area contributed by atoms with E-state index in [0.717, 1.165) is 29.5 Å². The van der Waals surface area contributed by atoms with Crippen LogP contribution < -0.4 is 10.6 Å². The summed E-state index contributed by atoms with van der Waals surface area (Å²) in [5, 5.41) is 5.64. The Labute approximate surface area is 164 Å². The van der Waals surface area contributed by atoms with Crippen LogP contribution >= 0.6 is 24.2 Å². The largest absolute Gasteiger partial charge is 0.416 e. The van der Waals surface area contributed by atoms with Crippen molar-refractivity contribution in [2.24, 2.45) is 0 Å². The van der Waals surface area contributed by atoms with Gasteiger partial charge in [0.15, 0.2) is 0 Å². The molecule has 0 radical (unpaired) electrons. The third-order valence-corrected chi connectivity index (χ3v) is 5.01. The zero-order chi connectivity index (χ0) is 18.7. The number of anilines is 1. The SMILES string of the molecule is Cl.O=C(CSc1cccc(C(F)(F)F)c1)Nc1ccc2c(c1F)CCNC2. The van der Waals surface area contributed by atoms with E-state index >= 15 is 0 Å². The molecule has 27 heavy (non-hydrogen) atoms. The molecule has 1 aliphatic rings. The van der Waals surface area contributed by atoms with E-state index in [9.17, 15) is 22.4 Å². The van der Waals surface area contributed by atoms with Crippen molar-refractivity contribution >= 4 is 35.8 Å². The first-order valence-corrected chi connectivity index (χ1v) is 8.94. The third kappa shape index (κ3) is 5.37. The van der Waals surface area contributed by atoms with Crippen molar-refractivity contribution in [1.29, 1.82) is 0 Å². The number of benzene rings is 2. The van der Waals surface area contributed by atoms with Crippen LogP contribution in [-0.4, -0.2) is 18.2 Å². The van der Waals surface area contributed by atoms with Gasteiger partial charge in [0.05, 0.1) is 17.0 Å². The van der Waals surface area contributed by atoms with Crippen molar-refractivity contribution < 1.29 is 22.4 Å². The lowest BCUT2D eigenvalue weighted by molar-refractivity contribution is -0.137. The Kier molecular flexibility index (Phi) is 7.13. The van der Waals surface area contributed by atoms with Gasteiger partial charge in [-0.1, -0.05) is 12.1 Å². The molecule has 0 unspecified atom stereocenters. The Hall–Kier alpha value is -1.77. The fourth-order valence-corrected chi connectivity index (χ4v) is 3.48. The van der Waals surface area contributed by atoms with Gasteiger partial charge in [0.1, 0.15) is 5.82 Å². The minimum Gasteiger partial charge on any atom is -0.323 e. The summed E-state index contributed by atoms with van der Waals surface area (Å²) in [7, 11) is 0. The lowest BCUT2D eigenvalue weighted by atomic mass is 9.99. The molecule has 3 rings (SSSR count). The van der Waals surface area contributed by atoms with Crippen molar-refractivity contribution in [2.45, 2.75) is 24.0 Å². The smallest absolute Gasteiger partial charge is 0.323 e. The molecule has 1 aliphatic heterocycles. The van der Waals surface area contributed by atoms with Gasteiger partial charge in [0, 0.05) is 11.4 Å². The third-order valence-electron chi connectivity index (χ3n) is 4.01. The van der Waals surface area contributed by atoms with Gasteiger partial charge in [-0.25, -0.2) is 4.39 Å². The van der Waals surface area contributed by atoms with Gasteiger partial charge >= 0.3 is 6.18 Å². The molecule has 1 amide bonds. The van der Waals surface area contributed by atoms with Gasteiger partial charge in [-0.3, -0.25) is 4.79 Å². The van der Waals surface area contributed by atoms with E-state index in [1.807, 2.05) is 0 Å². The number of amides is 1. The molecule has 3 nitrogen and oxygen atoms in total. The molecule has 1 heterocycles. The molecule has 0 saturated carbocycles. The summed E-state index contributed by atoms with van der Waals surface area (Å²) < 4.78 is 52.6. The summed E-state index contributed by atoms with van der Waals surface area (Å²) in [5.74, 6) is -1.03. The van der Waals surface area contributed by atoms with Crippen molar-refractivity contribution in [3.63, 3.8) is 0 Å². The average molecular weight is 421 g/mol. The first-order valence-electron chi connectivity index (χ1n) is 7.95. The maximum atomic E-state index is 14.5. The minimum atomic E-state index is -4.43. The Morgan fingerprint density at radius 3 is 2.74 bits per heavy atom. The Balaban J connectivity index is 0.00000261. The second kappa shape index (κ2) is 8.95. The molecule has 0 bridgehead atoms. The second-order valence-corrected chi connectivity index (χ2v) is 6.90. The molecule has 146 valence electrons. The van der Waals surface area contributed by atoms with Crippen LogP contribution in [0.2, 0.25) is 0 Å². The van der Waals surface area contributed by atoms with E-state index in [0.29, 0.717) is 30.0 Å². The first-order chi connectivity index (χ1) is 12.3. The number of carbonyl (C=O) groups is 1. The zero-order valence-electron chi connectivity index (χ0n) is 14.0. The van der Waals surface area contributed by atoms with E-state index in [1.54, 1.807) is 6.07 Å². The number of alkyl halides is 3. The van der Waals surface area contributed by atoms with Crippen LogP contribution in [0.3, 0.4) is 0 Å². The monoisotopic (exact) mass is 420 g/mol. The maximum absolute atomic E-state index is 14.5. The topological polar surface area (TPSA) is 41.1 Å². The lowest BCUT2D eigenvalue weighted by Crippen LogP contribution is -2.25. The predicted molar refractivity (Wildman–Crippen MR) is 99.9 cm³/mol. The van der Waals surface area contributed by atoms with Crippen molar-refractivity contribution in [2.75, 3.05) is 17.6 Å². The lowest BCUT2D eigenvalue weighted by Gasteiger charge is -2.19. The zero-order valence-corrected chi connectivity index (χ0v) is 15.7. The molecule has 0 aromatic heterocycles. The summed E-state index contributed by atoms with van der Waals surface area (Å²) >= 11 is 0.968. The Bertz CT molecular complexity index is 829. The molecule has 2 N–H and O–H groups in total. The summed E-state index contributed by atoms with van der Waals surface area (Å²) in [4.78, 5) is 12.4. The summed E-state index contributed by atoms with van der Waals surface area (Å²) in [6.07, 6.45) is -3.89. The fourth-order valence-electron chi connectivity index (χ4n) is 2.73. The molecule has 2 aromatic carbocycles. The highest BCUT2D eigenvalue weighted by atomic mass is 35.5. The Morgan fingerprint density at radius 1 is 1.22 bits per heavy atom. The van der Waals surface area contributed by atoms with Gasteiger partial charge in [0.25, 0.3) is 0 Å². The summed E-state index contributed by atoms with van der Waals surface area (Å²) in [5.41, 5.74) is 0.787. The highest BCUT2D eigenvalue weighted by Gasteiger charge is 2.30. The number of halogens is 5. The first kappa shape index (κ1) is 21.5. The fraction of sp³-hybridized carbons (Fsp3) is 0.278. The van der Waals surface area contributed by atoms with Gasteiger partial charge < -0.3 is 10.6 Å². The van der Waals surface area contributed by atoms with E-state index in [4.69, 9.17) is 0 Å². The molecule has 0 atom stereocenters. The highest BCUT2D eigenvalue weighted by molar-refractivity contribution is 8.00. The van der Waals surface area contributed by atoms with E-state index < -0.39 is 23.5 Å². The van der Waals surface area contributed by atoms with Crippen LogP contribution in [0.25, 0.3) is 0 Å². The Morgan fingerprint density at radius 2 is 2.00 bits per heavy atom. The molecule has 0 fully saturated rings. The number of fused-ring (bicyclic) bond motifs is 1. The second-order valence-electron chi connectivity index (χ2n) is 5.85. The molecule has 0 aliphatic carbocycles. The summed E-state index contributed by atoms with van der Waals surface area (Å²) in [6, 6.07) is 8.03. The molecule has 9 heteroatoms. The molecule has 2 aromatic rings. The van der Waals surface area contributed by atoms with Crippen LogP contribution in [0.15, 0.2) is 41.3 Å². The number of carbonyl (C=O) groups excluding carboxylic acids is 1. The molecular weight excluding hydrogens is 404 g/mol. The van der Waals surface area contributed by atoms with Crippen molar-refractivity contribution in [3.8, 4) is 0 Å². The van der Waals surface area contributed by atoms with Gasteiger partial charge in [-0.2, -0.15) is 13.2 Å². The van der Waals surface area contributed by atoms with E-state index in [-0.39, 0.29) is 23.8 Å². The van der Waals surface area contributed by atoms with Gasteiger partial charge in [0.2, 0.25) is 5.91 Å². The average Bonchev–Trinajstić information content (AvgIpc) is 2.62. The minimum absolute atomic E-state index is 0. The molecule has 0 saturated heterocycles. The predicted octanol–water partition coefficient (Wildman–Crippen LogP) is 4.64. The number of rotatable bonds is 4. The molecular formula is C18H17ClF4N2OS. The van der Waals surface area contributed by atoms with Crippen LogP contribution in [0.5, 0.6) is 0 Å². The molecule has 0 spiro atoms. The number of nitrogens with one attached hydrogen (secondary N) is 2. The van der Waals surface area contributed by atoms with Crippen molar-refractivity contribution in [1.82, 2.24) is 5.32 Å². The van der Waals surface area contributed by atoms with Crippen LogP contribution in [0.1, 0.15) is 16.7 Å². The van der Waals surface area contributed by atoms with E-state index in [1.165, 1.54) is 18.2 Å². The quantitative estimate of drug-likeness (QED) is 0.559. The van der Waals surface area contributed by atoms with Gasteiger partial charge in [-0.05, 0) is 48.4 Å². The number of hydrogen-bond donors (Lipinski definition) is 2. The standard InChI is InChI=1S/C18H16F4N2OS.ClH/c19-17-14-6-7-23-9-11(14)4-5-15(17)24-16(25)10-26-13-3-1-2-12(8-13)18(20,21)22;/h1-5,8,23H,6-7,9-10H2,(H,24,25);1H. The number of hydrogen-bond acceptors (Lipinski definition) is 3. The van der Waals surface area contributed by atoms with Crippen LogP contribution in [0, 0.1) is 5.82 Å². The maximum Gasteiger partial charge on any atom is 0.416 e. The van der Waals surface area contributed by atoms with Crippen LogP contribution in [-0.2, 0) is 23.9 Å². The highest BCUT2D eigenvalue weighted by Crippen LogP contribution is 2.32.